The van der Waals surface area contributed by atoms with Crippen molar-refractivity contribution in [2.24, 2.45) is 0 Å². The van der Waals surface area contributed by atoms with Crippen LogP contribution in [0.4, 0.5) is 0 Å². The number of carbonyl (C=O) groups excluding carboxylic acids is 1. The molecule has 1 aliphatic rings. The first-order chi connectivity index (χ1) is 5.72. The average molecular weight is 189 g/mol. The molecule has 12 heavy (non-hydrogen) atoms. The van der Waals surface area contributed by atoms with Crippen molar-refractivity contribution in [1.29, 1.82) is 0 Å². The Morgan fingerprint density at radius 3 is 2.33 bits per heavy atom. The number of carbonyl (C=O) groups is 1. The van der Waals surface area contributed by atoms with Crippen molar-refractivity contribution in [3.8, 4) is 0 Å². The van der Waals surface area contributed by atoms with Crippen LogP contribution in [0.2, 0.25) is 0 Å². The van der Waals surface area contributed by atoms with Crippen molar-refractivity contribution in [3.05, 3.63) is 0 Å². The summed E-state index contributed by atoms with van der Waals surface area (Å²) in [6.07, 6.45) is 0. The van der Waals surface area contributed by atoms with Crippen LogP contribution in [0.3, 0.4) is 0 Å². The predicted octanol–water partition coefficient (Wildman–Crippen LogP) is 2.00. The van der Waals surface area contributed by atoms with E-state index in [2.05, 4.69) is 13.8 Å². The van der Waals surface area contributed by atoms with Gasteiger partial charge in [0.05, 0.1) is 5.75 Å². The maximum atomic E-state index is 11.1. The number of hydrogen-bond acceptors (Lipinski definition) is 2. The van der Waals surface area contributed by atoms with E-state index in [4.69, 9.17) is 0 Å². The Morgan fingerprint density at radius 1 is 1.42 bits per heavy atom. The molecule has 0 aromatic rings. The molecule has 0 atom stereocenters. The zero-order chi connectivity index (χ0) is 9.56. The number of nitrogens with zero attached hydrogens (tertiary/aromatic N) is 1. The van der Waals surface area contributed by atoms with Crippen LogP contribution in [0.25, 0.3) is 0 Å². The van der Waals surface area contributed by atoms with Crippen LogP contribution >= 0.6 is 11.8 Å². The number of rotatable bonds is 1. The van der Waals surface area contributed by atoms with Crippen LogP contribution in [-0.4, -0.2) is 34.9 Å². The SMILES string of the molecule is CC.CC(C)N1CCSCC1=O. The smallest absolute Gasteiger partial charge is 0.232 e. The molecular weight excluding hydrogens is 170 g/mol. The highest BCUT2D eigenvalue weighted by Crippen LogP contribution is 2.12. The van der Waals surface area contributed by atoms with Crippen LogP contribution in [0.1, 0.15) is 27.7 Å². The van der Waals surface area contributed by atoms with Crippen LogP contribution in [0.5, 0.6) is 0 Å². The molecule has 0 saturated carbocycles. The molecule has 1 amide bonds. The first-order valence-electron chi connectivity index (χ1n) is 4.59. The minimum absolute atomic E-state index is 0.297. The molecule has 0 radical (unpaired) electrons. The minimum atomic E-state index is 0.297. The summed E-state index contributed by atoms with van der Waals surface area (Å²) in [6.45, 7) is 9.06. The molecule has 0 unspecified atom stereocenters. The molecule has 1 aliphatic heterocycles. The summed E-state index contributed by atoms with van der Waals surface area (Å²) in [4.78, 5) is 13.1. The molecule has 1 heterocycles. The van der Waals surface area contributed by atoms with E-state index < -0.39 is 0 Å². The maximum Gasteiger partial charge on any atom is 0.232 e. The van der Waals surface area contributed by atoms with Gasteiger partial charge in [-0.15, -0.1) is 0 Å². The van der Waals surface area contributed by atoms with Crippen LogP contribution < -0.4 is 0 Å². The lowest BCUT2D eigenvalue weighted by atomic mass is 10.3. The molecule has 1 saturated heterocycles. The second kappa shape index (κ2) is 6.35. The molecule has 3 heteroatoms. The van der Waals surface area contributed by atoms with Crippen molar-refractivity contribution in [2.75, 3.05) is 18.1 Å². The molecule has 0 N–H and O–H groups in total. The molecule has 0 aliphatic carbocycles. The fraction of sp³-hybridized carbons (Fsp3) is 0.889. The Morgan fingerprint density at radius 2 is 2.00 bits per heavy atom. The third-order valence-corrected chi connectivity index (χ3v) is 2.57. The Hall–Kier alpha value is -0.180. The van der Waals surface area contributed by atoms with Gasteiger partial charge < -0.3 is 4.90 Å². The summed E-state index contributed by atoms with van der Waals surface area (Å²) >= 11 is 1.73. The Balaban J connectivity index is 0.000000561. The standard InChI is InChI=1S/C7H13NOS.C2H6/c1-6(2)8-3-4-10-5-7(8)9;1-2/h6H,3-5H2,1-2H3;1-2H3. The fourth-order valence-electron chi connectivity index (χ4n) is 1.08. The molecule has 1 fully saturated rings. The Labute approximate surface area is 79.7 Å². The third-order valence-electron chi connectivity index (χ3n) is 1.65. The van der Waals surface area contributed by atoms with Crippen LogP contribution in [-0.2, 0) is 4.79 Å². The van der Waals surface area contributed by atoms with E-state index in [0.29, 0.717) is 17.7 Å². The number of thioether (sulfide) groups is 1. The minimum Gasteiger partial charge on any atom is -0.339 e. The molecule has 0 aromatic carbocycles. The summed E-state index contributed by atoms with van der Waals surface area (Å²) in [5.41, 5.74) is 0. The summed E-state index contributed by atoms with van der Waals surface area (Å²) in [5, 5.41) is 0. The van der Waals surface area contributed by atoms with E-state index in [0.717, 1.165) is 12.3 Å². The summed E-state index contributed by atoms with van der Waals surface area (Å²) in [7, 11) is 0. The summed E-state index contributed by atoms with van der Waals surface area (Å²) in [5.74, 6) is 2.08. The van der Waals surface area contributed by atoms with E-state index >= 15 is 0 Å². The third kappa shape index (κ3) is 3.48. The molecule has 0 bridgehead atoms. The van der Waals surface area contributed by atoms with Gasteiger partial charge in [0.25, 0.3) is 0 Å². The van der Waals surface area contributed by atoms with Crippen LogP contribution in [0, 0.1) is 0 Å². The fourth-order valence-corrected chi connectivity index (χ4v) is 1.89. The molecule has 72 valence electrons. The predicted molar refractivity (Wildman–Crippen MR) is 55.5 cm³/mol. The van der Waals surface area contributed by atoms with E-state index in [1.165, 1.54) is 0 Å². The topological polar surface area (TPSA) is 20.3 Å². The lowest BCUT2D eigenvalue weighted by Gasteiger charge is -2.29. The van der Waals surface area contributed by atoms with Gasteiger partial charge >= 0.3 is 0 Å². The quantitative estimate of drug-likeness (QED) is 0.629. The molecule has 2 nitrogen and oxygen atoms in total. The Kier molecular flexibility index (Phi) is 6.25. The summed E-state index contributed by atoms with van der Waals surface area (Å²) < 4.78 is 0. The van der Waals surface area contributed by atoms with Gasteiger partial charge in [-0.1, -0.05) is 13.8 Å². The lowest BCUT2D eigenvalue weighted by Crippen LogP contribution is -2.42. The van der Waals surface area contributed by atoms with E-state index in [1.807, 2.05) is 18.7 Å². The zero-order valence-electron chi connectivity index (χ0n) is 8.46. The van der Waals surface area contributed by atoms with Crippen molar-refractivity contribution in [2.45, 2.75) is 33.7 Å². The highest BCUT2D eigenvalue weighted by atomic mass is 32.2. The largest absolute Gasteiger partial charge is 0.339 e. The second-order valence-corrected chi connectivity index (χ2v) is 3.84. The normalized spacial score (nSPS) is 17.4. The highest BCUT2D eigenvalue weighted by Gasteiger charge is 2.19. The molecule has 0 spiro atoms. The van der Waals surface area contributed by atoms with Crippen LogP contribution in [0.15, 0.2) is 0 Å². The molecule has 1 rings (SSSR count). The maximum absolute atomic E-state index is 11.1. The van der Waals surface area contributed by atoms with Gasteiger partial charge in [0.1, 0.15) is 0 Å². The molecular formula is C9H19NOS. The van der Waals surface area contributed by atoms with Gasteiger partial charge in [0, 0.05) is 18.3 Å². The van der Waals surface area contributed by atoms with E-state index in [-0.39, 0.29) is 0 Å². The van der Waals surface area contributed by atoms with E-state index in [1.54, 1.807) is 11.8 Å². The van der Waals surface area contributed by atoms with Gasteiger partial charge in [-0.05, 0) is 13.8 Å². The zero-order valence-corrected chi connectivity index (χ0v) is 9.28. The monoisotopic (exact) mass is 189 g/mol. The van der Waals surface area contributed by atoms with Gasteiger partial charge in [-0.3, -0.25) is 4.79 Å². The van der Waals surface area contributed by atoms with Gasteiger partial charge in [-0.25, -0.2) is 0 Å². The van der Waals surface area contributed by atoms with Crippen molar-refractivity contribution >= 4 is 17.7 Å². The van der Waals surface area contributed by atoms with Crippen molar-refractivity contribution < 1.29 is 4.79 Å². The van der Waals surface area contributed by atoms with Gasteiger partial charge in [0.15, 0.2) is 0 Å². The number of amides is 1. The Bertz CT molecular complexity index is 136. The van der Waals surface area contributed by atoms with Crippen molar-refractivity contribution in [1.82, 2.24) is 4.90 Å². The second-order valence-electron chi connectivity index (χ2n) is 2.73. The van der Waals surface area contributed by atoms with Crippen molar-refractivity contribution in [3.63, 3.8) is 0 Å². The average Bonchev–Trinajstić information content (AvgIpc) is 2.08. The summed E-state index contributed by atoms with van der Waals surface area (Å²) in [6, 6.07) is 0.383. The lowest BCUT2D eigenvalue weighted by molar-refractivity contribution is -0.130. The van der Waals surface area contributed by atoms with Gasteiger partial charge in [-0.2, -0.15) is 11.8 Å². The van der Waals surface area contributed by atoms with E-state index in [9.17, 15) is 4.79 Å². The molecule has 0 aromatic heterocycles. The number of hydrogen-bond donors (Lipinski definition) is 0. The highest BCUT2D eigenvalue weighted by molar-refractivity contribution is 8.00. The first kappa shape index (κ1) is 11.8. The first-order valence-corrected chi connectivity index (χ1v) is 5.74. The van der Waals surface area contributed by atoms with Gasteiger partial charge in [0.2, 0.25) is 5.91 Å².